The van der Waals surface area contributed by atoms with E-state index in [0.717, 1.165) is 13.0 Å². The molecule has 2 unspecified atom stereocenters. The predicted octanol–water partition coefficient (Wildman–Crippen LogP) is 0.712. The van der Waals surface area contributed by atoms with E-state index in [1.165, 1.54) is 0 Å². The van der Waals surface area contributed by atoms with Crippen molar-refractivity contribution in [1.29, 1.82) is 0 Å². The van der Waals surface area contributed by atoms with Gasteiger partial charge in [0.25, 0.3) is 5.56 Å². The van der Waals surface area contributed by atoms with Gasteiger partial charge < -0.3 is 15.7 Å². The second-order valence-electron chi connectivity index (χ2n) is 5.38. The summed E-state index contributed by atoms with van der Waals surface area (Å²) in [5.74, 6) is 0.906. The quantitative estimate of drug-likeness (QED) is 0.701. The number of aromatic amines is 1. The molecule has 0 saturated carbocycles. The van der Waals surface area contributed by atoms with Crippen molar-refractivity contribution in [2.75, 3.05) is 23.8 Å². The summed E-state index contributed by atoms with van der Waals surface area (Å²) in [5.41, 5.74) is 6.65. The highest BCUT2D eigenvalue weighted by molar-refractivity contribution is 5.81. The summed E-state index contributed by atoms with van der Waals surface area (Å²) in [4.78, 5) is 21.4. The van der Waals surface area contributed by atoms with Crippen molar-refractivity contribution in [1.82, 2.24) is 9.97 Å². The second kappa shape index (κ2) is 4.79. The summed E-state index contributed by atoms with van der Waals surface area (Å²) >= 11 is 0. The van der Waals surface area contributed by atoms with Gasteiger partial charge in [0.05, 0.1) is 23.6 Å². The molecule has 20 heavy (non-hydrogen) atoms. The van der Waals surface area contributed by atoms with E-state index in [2.05, 4.69) is 16.9 Å². The van der Waals surface area contributed by atoms with Gasteiger partial charge in [-0.05, 0) is 30.5 Å². The number of fused-ring (bicyclic) bond motifs is 1. The Balaban J connectivity index is 2.09. The standard InChI is InChI=1S/C14H18N4O2/c1-8-4-5-18(12(8)7-19)14-16-11-3-2-9(15)6-10(11)13(20)17-14/h2-3,6,8,12,19H,4-5,7,15H2,1H3,(H,16,17,20). The van der Waals surface area contributed by atoms with Gasteiger partial charge in [0.1, 0.15) is 0 Å². The number of rotatable bonds is 2. The van der Waals surface area contributed by atoms with Gasteiger partial charge in [-0.2, -0.15) is 0 Å². The van der Waals surface area contributed by atoms with Crippen LogP contribution in [0.5, 0.6) is 0 Å². The lowest BCUT2D eigenvalue weighted by Gasteiger charge is -2.25. The van der Waals surface area contributed by atoms with Crippen molar-refractivity contribution in [2.45, 2.75) is 19.4 Å². The molecule has 1 saturated heterocycles. The minimum absolute atomic E-state index is 0.00406. The third kappa shape index (κ3) is 2.02. The van der Waals surface area contributed by atoms with Crippen molar-refractivity contribution < 1.29 is 5.11 Å². The van der Waals surface area contributed by atoms with Crippen LogP contribution in [0, 0.1) is 5.92 Å². The third-order valence-corrected chi connectivity index (χ3v) is 4.06. The average Bonchev–Trinajstić information content (AvgIpc) is 2.80. The monoisotopic (exact) mass is 274 g/mol. The van der Waals surface area contributed by atoms with Gasteiger partial charge in [0.15, 0.2) is 0 Å². The molecule has 106 valence electrons. The molecule has 3 rings (SSSR count). The van der Waals surface area contributed by atoms with E-state index in [-0.39, 0.29) is 18.2 Å². The molecule has 0 aliphatic carbocycles. The first kappa shape index (κ1) is 12.9. The minimum Gasteiger partial charge on any atom is -0.399 e. The maximum Gasteiger partial charge on any atom is 0.260 e. The molecule has 2 heterocycles. The molecular weight excluding hydrogens is 256 g/mol. The maximum absolute atomic E-state index is 12.1. The number of benzene rings is 1. The number of H-pyrrole nitrogens is 1. The highest BCUT2D eigenvalue weighted by atomic mass is 16.3. The van der Waals surface area contributed by atoms with Gasteiger partial charge in [-0.25, -0.2) is 4.98 Å². The summed E-state index contributed by atoms with van der Waals surface area (Å²) in [5, 5.41) is 10.00. The van der Waals surface area contributed by atoms with Crippen LogP contribution in [0.25, 0.3) is 10.9 Å². The lowest BCUT2D eigenvalue weighted by Crippen LogP contribution is -2.37. The van der Waals surface area contributed by atoms with E-state index < -0.39 is 0 Å². The number of nitrogens with one attached hydrogen (secondary N) is 1. The predicted molar refractivity (Wildman–Crippen MR) is 78.8 cm³/mol. The zero-order valence-electron chi connectivity index (χ0n) is 11.3. The van der Waals surface area contributed by atoms with Crippen molar-refractivity contribution in [3.05, 3.63) is 28.6 Å². The van der Waals surface area contributed by atoms with Gasteiger partial charge in [-0.3, -0.25) is 9.78 Å². The molecule has 0 spiro atoms. The zero-order valence-corrected chi connectivity index (χ0v) is 11.3. The number of hydrogen-bond donors (Lipinski definition) is 3. The van der Waals surface area contributed by atoms with Gasteiger partial charge in [-0.1, -0.05) is 6.92 Å². The molecule has 0 amide bonds. The summed E-state index contributed by atoms with van der Waals surface area (Å²) in [7, 11) is 0. The summed E-state index contributed by atoms with van der Waals surface area (Å²) < 4.78 is 0. The molecule has 4 N–H and O–H groups in total. The van der Waals surface area contributed by atoms with Crippen LogP contribution in [0.15, 0.2) is 23.0 Å². The molecule has 6 nitrogen and oxygen atoms in total. The Bertz CT molecular complexity index is 697. The maximum atomic E-state index is 12.1. The van der Waals surface area contributed by atoms with Crippen LogP contribution >= 0.6 is 0 Å². The van der Waals surface area contributed by atoms with Crippen molar-refractivity contribution in [2.24, 2.45) is 5.92 Å². The highest BCUT2D eigenvalue weighted by Crippen LogP contribution is 2.27. The van der Waals surface area contributed by atoms with Crippen LogP contribution in [-0.2, 0) is 0 Å². The van der Waals surface area contributed by atoms with Gasteiger partial charge in [0.2, 0.25) is 5.95 Å². The van der Waals surface area contributed by atoms with Crippen LogP contribution in [0.4, 0.5) is 11.6 Å². The number of hydrogen-bond acceptors (Lipinski definition) is 5. The summed E-state index contributed by atoms with van der Waals surface area (Å²) in [6.07, 6.45) is 0.981. The van der Waals surface area contributed by atoms with Crippen molar-refractivity contribution >= 4 is 22.5 Å². The largest absolute Gasteiger partial charge is 0.399 e. The Morgan fingerprint density at radius 1 is 1.55 bits per heavy atom. The van der Waals surface area contributed by atoms with E-state index in [0.29, 0.717) is 28.5 Å². The topological polar surface area (TPSA) is 95.2 Å². The number of nitrogens with two attached hydrogens (primary N) is 1. The first-order chi connectivity index (χ1) is 9.60. The highest BCUT2D eigenvalue weighted by Gasteiger charge is 2.32. The molecule has 2 aromatic rings. The Kier molecular flexibility index (Phi) is 3.10. The summed E-state index contributed by atoms with van der Waals surface area (Å²) in [6.45, 7) is 2.95. The fourth-order valence-corrected chi connectivity index (χ4v) is 2.83. The molecule has 6 heteroatoms. The van der Waals surface area contributed by atoms with Crippen LogP contribution in [-0.4, -0.2) is 34.3 Å². The van der Waals surface area contributed by atoms with E-state index in [4.69, 9.17) is 5.73 Å². The molecule has 1 aromatic carbocycles. The van der Waals surface area contributed by atoms with E-state index in [1.807, 2.05) is 4.90 Å². The Morgan fingerprint density at radius 3 is 3.10 bits per heavy atom. The number of aromatic nitrogens is 2. The van der Waals surface area contributed by atoms with Gasteiger partial charge >= 0.3 is 0 Å². The zero-order chi connectivity index (χ0) is 14.3. The molecule has 1 fully saturated rings. The van der Waals surface area contributed by atoms with Crippen molar-refractivity contribution in [3.63, 3.8) is 0 Å². The van der Waals surface area contributed by atoms with E-state index in [9.17, 15) is 9.90 Å². The molecule has 2 atom stereocenters. The molecule has 0 radical (unpaired) electrons. The van der Waals surface area contributed by atoms with Crippen LogP contribution in [0.1, 0.15) is 13.3 Å². The number of anilines is 2. The fourth-order valence-electron chi connectivity index (χ4n) is 2.83. The minimum atomic E-state index is -0.200. The van der Waals surface area contributed by atoms with Crippen molar-refractivity contribution in [3.8, 4) is 0 Å². The number of nitrogen functional groups attached to an aromatic ring is 1. The Morgan fingerprint density at radius 2 is 2.35 bits per heavy atom. The number of aliphatic hydroxyl groups excluding tert-OH is 1. The second-order valence-corrected chi connectivity index (χ2v) is 5.38. The Labute approximate surface area is 116 Å². The van der Waals surface area contributed by atoms with Gasteiger partial charge in [-0.15, -0.1) is 0 Å². The first-order valence-corrected chi connectivity index (χ1v) is 6.77. The van der Waals surface area contributed by atoms with Crippen LogP contribution in [0.3, 0.4) is 0 Å². The smallest absolute Gasteiger partial charge is 0.260 e. The van der Waals surface area contributed by atoms with E-state index in [1.54, 1.807) is 18.2 Å². The van der Waals surface area contributed by atoms with Gasteiger partial charge in [0, 0.05) is 12.2 Å². The number of aliphatic hydroxyl groups is 1. The average molecular weight is 274 g/mol. The molecule has 1 aromatic heterocycles. The lowest BCUT2D eigenvalue weighted by molar-refractivity contribution is 0.244. The molecular formula is C14H18N4O2. The fraction of sp³-hybridized carbons (Fsp3) is 0.429. The SMILES string of the molecule is CC1CCN(c2nc3ccc(N)cc3c(=O)[nH]2)C1CO. The van der Waals surface area contributed by atoms with Crippen LogP contribution in [0.2, 0.25) is 0 Å². The molecule has 1 aliphatic rings. The van der Waals surface area contributed by atoms with Crippen LogP contribution < -0.4 is 16.2 Å². The lowest BCUT2D eigenvalue weighted by atomic mass is 10.0. The first-order valence-electron chi connectivity index (χ1n) is 6.77. The van der Waals surface area contributed by atoms with E-state index >= 15 is 0 Å². The number of nitrogens with zero attached hydrogens (tertiary/aromatic N) is 2. The summed E-state index contributed by atoms with van der Waals surface area (Å²) in [6, 6.07) is 5.11. The Hall–Kier alpha value is -2.08. The third-order valence-electron chi connectivity index (χ3n) is 4.06. The molecule has 0 bridgehead atoms. The normalized spacial score (nSPS) is 22.6. The molecule has 1 aliphatic heterocycles.